The molecule has 92 valence electrons. The van der Waals surface area contributed by atoms with Crippen molar-refractivity contribution >= 4 is 11.9 Å². The molecule has 0 saturated carbocycles. The molecule has 0 aromatic rings. The van der Waals surface area contributed by atoms with E-state index in [4.69, 9.17) is 9.84 Å². The van der Waals surface area contributed by atoms with E-state index >= 15 is 0 Å². The summed E-state index contributed by atoms with van der Waals surface area (Å²) in [5.74, 6) is -1.27. The van der Waals surface area contributed by atoms with Crippen LogP contribution in [0.5, 0.6) is 0 Å². The number of ether oxygens (including phenoxy) is 1. The summed E-state index contributed by atoms with van der Waals surface area (Å²) >= 11 is 0. The highest BCUT2D eigenvalue weighted by Gasteiger charge is 2.29. The van der Waals surface area contributed by atoms with Gasteiger partial charge in [0.2, 0.25) is 0 Å². The van der Waals surface area contributed by atoms with Crippen molar-refractivity contribution in [1.82, 2.24) is 10.2 Å². The van der Waals surface area contributed by atoms with Crippen LogP contribution in [-0.2, 0) is 14.3 Å². The first-order valence-corrected chi connectivity index (χ1v) is 5.37. The van der Waals surface area contributed by atoms with Crippen LogP contribution in [0.15, 0.2) is 0 Å². The van der Waals surface area contributed by atoms with Gasteiger partial charge in [-0.2, -0.15) is 0 Å². The fraction of sp³-hybridized carbons (Fsp3) is 0.800. The van der Waals surface area contributed by atoms with Crippen LogP contribution in [-0.4, -0.2) is 60.3 Å². The number of nitrogens with zero attached hydrogens (tertiary/aromatic N) is 1. The average Bonchev–Trinajstić information content (AvgIpc) is 2.25. The number of amides is 1. The lowest BCUT2D eigenvalue weighted by Crippen LogP contribution is -2.52. The largest absolute Gasteiger partial charge is 0.480 e. The predicted molar refractivity (Wildman–Crippen MR) is 57.1 cm³/mol. The van der Waals surface area contributed by atoms with Gasteiger partial charge in [-0.25, -0.2) is 0 Å². The Morgan fingerprint density at radius 2 is 2.25 bits per heavy atom. The van der Waals surface area contributed by atoms with Gasteiger partial charge in [-0.3, -0.25) is 9.59 Å². The Morgan fingerprint density at radius 3 is 2.69 bits per heavy atom. The minimum absolute atomic E-state index is 0.144. The van der Waals surface area contributed by atoms with Crippen LogP contribution in [0.25, 0.3) is 0 Å². The first-order valence-electron chi connectivity index (χ1n) is 5.37. The average molecular weight is 230 g/mol. The smallest absolute Gasteiger partial charge is 0.323 e. The third kappa shape index (κ3) is 3.46. The number of hydrogen-bond donors (Lipinski definition) is 2. The molecule has 0 spiro atoms. The van der Waals surface area contributed by atoms with Gasteiger partial charge < -0.3 is 20.1 Å². The van der Waals surface area contributed by atoms with Crippen LogP contribution in [0.2, 0.25) is 0 Å². The Bertz CT molecular complexity index is 262. The molecule has 1 aliphatic heterocycles. The van der Waals surface area contributed by atoms with Crippen molar-refractivity contribution in [3.63, 3.8) is 0 Å². The van der Waals surface area contributed by atoms with E-state index in [1.54, 1.807) is 13.8 Å². The van der Waals surface area contributed by atoms with Crippen molar-refractivity contribution in [2.24, 2.45) is 0 Å². The highest BCUT2D eigenvalue weighted by atomic mass is 16.5. The van der Waals surface area contributed by atoms with E-state index in [0.29, 0.717) is 13.2 Å². The van der Waals surface area contributed by atoms with E-state index in [1.165, 1.54) is 4.90 Å². The quantitative estimate of drug-likeness (QED) is 0.667. The van der Waals surface area contributed by atoms with Gasteiger partial charge in [0, 0.05) is 19.1 Å². The molecule has 0 bridgehead atoms. The zero-order chi connectivity index (χ0) is 12.1. The van der Waals surface area contributed by atoms with Gasteiger partial charge in [-0.15, -0.1) is 0 Å². The second-order valence-electron chi connectivity index (χ2n) is 4.02. The highest BCUT2D eigenvalue weighted by Crippen LogP contribution is 2.06. The molecule has 1 aliphatic rings. The number of carboxylic acid groups (broad SMARTS) is 1. The Labute approximate surface area is 94.6 Å². The minimum Gasteiger partial charge on any atom is -0.480 e. The number of nitrogens with one attached hydrogen (secondary N) is 1. The lowest BCUT2D eigenvalue weighted by Gasteiger charge is -2.31. The van der Waals surface area contributed by atoms with Gasteiger partial charge in [0.15, 0.2) is 0 Å². The lowest BCUT2D eigenvalue weighted by atomic mass is 10.2. The molecular weight excluding hydrogens is 212 g/mol. The number of carbonyl (C=O) groups excluding carboxylic acids is 1. The van der Waals surface area contributed by atoms with Gasteiger partial charge in [-0.05, 0) is 13.8 Å². The summed E-state index contributed by atoms with van der Waals surface area (Å²) in [5, 5.41) is 11.8. The molecule has 16 heavy (non-hydrogen) atoms. The number of hydrogen-bond acceptors (Lipinski definition) is 4. The molecule has 0 aromatic carbocycles. The van der Waals surface area contributed by atoms with E-state index in [9.17, 15) is 9.59 Å². The zero-order valence-corrected chi connectivity index (χ0v) is 9.60. The zero-order valence-electron chi connectivity index (χ0n) is 9.60. The fourth-order valence-corrected chi connectivity index (χ4v) is 1.57. The highest BCUT2D eigenvalue weighted by molar-refractivity contribution is 5.85. The van der Waals surface area contributed by atoms with Crippen LogP contribution in [0.3, 0.4) is 0 Å². The molecule has 1 rings (SSSR count). The Balaban J connectivity index is 2.61. The minimum atomic E-state index is -1.01. The molecule has 0 aromatic heterocycles. The predicted octanol–water partition coefficient (Wildman–Crippen LogP) is -0.704. The fourth-order valence-electron chi connectivity index (χ4n) is 1.57. The monoisotopic (exact) mass is 230 g/mol. The molecule has 1 fully saturated rings. The van der Waals surface area contributed by atoms with E-state index in [-0.39, 0.29) is 18.5 Å². The molecule has 1 saturated heterocycles. The van der Waals surface area contributed by atoms with Gasteiger partial charge in [-0.1, -0.05) is 0 Å². The van der Waals surface area contributed by atoms with Crippen LogP contribution in [0.4, 0.5) is 0 Å². The third-order valence-corrected chi connectivity index (χ3v) is 2.42. The van der Waals surface area contributed by atoms with Crippen molar-refractivity contribution < 1.29 is 19.4 Å². The normalized spacial score (nSPS) is 20.8. The molecule has 1 heterocycles. The summed E-state index contributed by atoms with van der Waals surface area (Å²) in [7, 11) is 0. The lowest BCUT2D eigenvalue weighted by molar-refractivity contribution is -0.153. The maximum Gasteiger partial charge on any atom is 0.323 e. The number of aliphatic carboxylic acids is 1. The molecule has 1 amide bonds. The molecule has 2 N–H and O–H groups in total. The van der Waals surface area contributed by atoms with E-state index in [1.807, 2.05) is 0 Å². The maximum atomic E-state index is 12.0. The summed E-state index contributed by atoms with van der Waals surface area (Å²) in [6, 6.07) is -0.144. The summed E-state index contributed by atoms with van der Waals surface area (Å²) < 4.78 is 5.31. The van der Waals surface area contributed by atoms with Crippen molar-refractivity contribution in [1.29, 1.82) is 0 Å². The molecule has 0 radical (unpaired) electrons. The molecule has 1 atom stereocenters. The topological polar surface area (TPSA) is 78.9 Å². The SMILES string of the molecule is CC(C)N(CC(=O)O)C(=O)C1CNCCO1. The third-order valence-electron chi connectivity index (χ3n) is 2.42. The van der Waals surface area contributed by atoms with Gasteiger partial charge in [0.25, 0.3) is 5.91 Å². The van der Waals surface area contributed by atoms with Crippen molar-refractivity contribution in [2.45, 2.75) is 26.0 Å². The molecule has 1 unspecified atom stereocenters. The van der Waals surface area contributed by atoms with Crippen molar-refractivity contribution in [3.05, 3.63) is 0 Å². The summed E-state index contributed by atoms with van der Waals surface area (Å²) in [5.41, 5.74) is 0. The number of rotatable bonds is 4. The molecule has 6 nitrogen and oxygen atoms in total. The molecule has 6 heteroatoms. The van der Waals surface area contributed by atoms with Crippen molar-refractivity contribution in [3.8, 4) is 0 Å². The van der Waals surface area contributed by atoms with Crippen LogP contribution in [0, 0.1) is 0 Å². The maximum absolute atomic E-state index is 12.0. The van der Waals surface area contributed by atoms with E-state index < -0.39 is 12.1 Å². The van der Waals surface area contributed by atoms with E-state index in [2.05, 4.69) is 5.32 Å². The summed E-state index contributed by atoms with van der Waals surface area (Å²) in [6.45, 7) is 4.95. The van der Waals surface area contributed by atoms with E-state index in [0.717, 1.165) is 6.54 Å². The van der Waals surface area contributed by atoms with Gasteiger partial charge >= 0.3 is 5.97 Å². The van der Waals surface area contributed by atoms with Crippen LogP contribution in [0.1, 0.15) is 13.8 Å². The second-order valence-corrected chi connectivity index (χ2v) is 4.02. The van der Waals surface area contributed by atoms with Gasteiger partial charge in [0.05, 0.1) is 6.61 Å². The molecular formula is C10H18N2O4. The number of carbonyl (C=O) groups is 2. The van der Waals surface area contributed by atoms with Crippen LogP contribution >= 0.6 is 0 Å². The summed E-state index contributed by atoms with van der Waals surface area (Å²) in [4.78, 5) is 23.9. The standard InChI is InChI=1S/C10H18N2O4/c1-7(2)12(6-9(13)14)10(15)8-5-11-3-4-16-8/h7-8,11H,3-6H2,1-2H3,(H,13,14). The Kier molecular flexibility index (Phi) is 4.70. The number of morpholine rings is 1. The van der Waals surface area contributed by atoms with Crippen LogP contribution < -0.4 is 5.32 Å². The number of carboxylic acids is 1. The first kappa shape index (κ1) is 12.9. The molecule has 0 aliphatic carbocycles. The first-order chi connectivity index (χ1) is 7.52. The van der Waals surface area contributed by atoms with Gasteiger partial charge in [0.1, 0.15) is 12.6 Å². The van der Waals surface area contributed by atoms with Crippen molar-refractivity contribution in [2.75, 3.05) is 26.2 Å². The Hall–Kier alpha value is -1.14. The summed E-state index contributed by atoms with van der Waals surface area (Å²) in [6.07, 6.45) is -0.560. The Morgan fingerprint density at radius 1 is 1.56 bits per heavy atom. The second kappa shape index (κ2) is 5.81.